The van der Waals surface area contributed by atoms with E-state index in [9.17, 15) is 30.1 Å². The Morgan fingerprint density at radius 1 is 1.15 bits per heavy atom. The lowest BCUT2D eigenvalue weighted by molar-refractivity contribution is -0.419. The molecule has 0 saturated carbocycles. The number of fused-ring (bicyclic) bond motifs is 1. The van der Waals surface area contributed by atoms with Crippen LogP contribution in [0.3, 0.4) is 0 Å². The number of hydrogen-bond acceptors (Lipinski definition) is 6. The van der Waals surface area contributed by atoms with Crippen LogP contribution < -0.4 is 4.90 Å². The van der Waals surface area contributed by atoms with Crippen molar-refractivity contribution in [2.24, 2.45) is 17.8 Å². The average Bonchev–Trinajstić information content (AvgIpc) is 3.12. The fourth-order valence-electron chi connectivity index (χ4n) is 5.05. The monoisotopic (exact) mass is 527 g/mol. The molecule has 1 heterocycles. The Morgan fingerprint density at radius 3 is 2.44 bits per heavy atom. The molecule has 10 heteroatoms. The van der Waals surface area contributed by atoms with Crippen LogP contribution in [0.1, 0.15) is 24.0 Å². The highest BCUT2D eigenvalue weighted by atomic mass is 79.9. The fraction of sp³-hybridized carbons (Fsp3) is 0.292. The van der Waals surface area contributed by atoms with E-state index in [0.717, 1.165) is 21.4 Å². The number of non-ortho nitro benzene ring substituents is 1. The summed E-state index contributed by atoms with van der Waals surface area (Å²) in [5, 5.41) is 32.6. The zero-order valence-electron chi connectivity index (χ0n) is 18.4. The molecular weight excluding hydrogens is 506 g/mol. The van der Waals surface area contributed by atoms with E-state index < -0.39 is 33.6 Å². The average molecular weight is 528 g/mol. The molecule has 34 heavy (non-hydrogen) atoms. The summed E-state index contributed by atoms with van der Waals surface area (Å²) in [4.78, 5) is 36.0. The maximum absolute atomic E-state index is 12.6. The number of nitro groups is 2. The molecule has 2 aromatic carbocycles. The van der Waals surface area contributed by atoms with Crippen LogP contribution in [0, 0.1) is 44.9 Å². The summed E-state index contributed by atoms with van der Waals surface area (Å²) in [6.07, 6.45) is 4.53. The predicted octanol–water partition coefficient (Wildman–Crippen LogP) is 5.58. The molecule has 0 amide bonds. The van der Waals surface area contributed by atoms with Crippen LogP contribution >= 0.6 is 15.9 Å². The standard InChI is InChI=1S/C24H22BrN3O6/c1-13-9-16(27(31)32)4-6-18(13)23(24(29)30)20-12-26(22-7-3-15(25)11-19(20)22)21-8-5-17(28(33)34)10-14(21)2/h3-11,13,18,20,23H,12H2,1-2H3,(H,29,30). The number of nitro benzene ring substituents is 1. The van der Waals surface area contributed by atoms with Gasteiger partial charge in [0.15, 0.2) is 0 Å². The summed E-state index contributed by atoms with van der Waals surface area (Å²) in [6, 6.07) is 10.3. The SMILES string of the molecule is Cc1cc([N+](=O)[O-])ccc1N1CC(C(C(=O)O)C2C=CC([N+](=O)[O-])=CC2C)c2cc(Br)ccc21. The van der Waals surface area contributed by atoms with Gasteiger partial charge in [-0.15, -0.1) is 0 Å². The molecule has 1 N–H and O–H groups in total. The fourth-order valence-corrected chi connectivity index (χ4v) is 5.43. The first kappa shape index (κ1) is 23.6. The number of rotatable bonds is 6. The molecule has 4 rings (SSSR count). The minimum Gasteiger partial charge on any atom is -0.481 e. The van der Waals surface area contributed by atoms with Gasteiger partial charge in [-0.1, -0.05) is 28.9 Å². The number of allylic oxidation sites excluding steroid dienone is 3. The Balaban J connectivity index is 1.76. The van der Waals surface area contributed by atoms with Gasteiger partial charge in [0, 0.05) is 46.5 Å². The minimum absolute atomic E-state index is 0.00834. The van der Waals surface area contributed by atoms with Crippen LogP contribution in [0.2, 0.25) is 0 Å². The van der Waals surface area contributed by atoms with Gasteiger partial charge < -0.3 is 10.0 Å². The molecule has 4 atom stereocenters. The van der Waals surface area contributed by atoms with Crippen LogP contribution in [0.5, 0.6) is 0 Å². The van der Waals surface area contributed by atoms with Crippen molar-refractivity contribution in [3.8, 4) is 0 Å². The van der Waals surface area contributed by atoms with Crippen LogP contribution in [-0.4, -0.2) is 27.5 Å². The number of carboxylic acids is 1. The first-order valence-corrected chi connectivity index (χ1v) is 11.5. The molecule has 2 aliphatic rings. The number of anilines is 2. The Labute approximate surface area is 203 Å². The smallest absolute Gasteiger partial charge is 0.307 e. The Morgan fingerprint density at radius 2 is 1.85 bits per heavy atom. The van der Waals surface area contributed by atoms with Crippen LogP contribution in [-0.2, 0) is 4.79 Å². The second-order valence-corrected chi connectivity index (χ2v) is 9.57. The maximum atomic E-state index is 12.6. The first-order chi connectivity index (χ1) is 16.1. The Kier molecular flexibility index (Phi) is 6.26. The lowest BCUT2D eigenvalue weighted by atomic mass is 9.72. The summed E-state index contributed by atoms with van der Waals surface area (Å²) in [6.45, 7) is 3.95. The van der Waals surface area contributed by atoms with E-state index in [2.05, 4.69) is 15.9 Å². The molecule has 2 aromatic rings. The van der Waals surface area contributed by atoms with E-state index in [0.29, 0.717) is 12.1 Å². The molecule has 0 spiro atoms. The first-order valence-electron chi connectivity index (χ1n) is 10.7. The quantitative estimate of drug-likeness (QED) is 0.383. The molecule has 0 aromatic heterocycles. The van der Waals surface area contributed by atoms with Gasteiger partial charge in [0.1, 0.15) is 0 Å². The number of carboxylic acid groups (broad SMARTS) is 1. The van der Waals surface area contributed by atoms with Crippen LogP contribution in [0.25, 0.3) is 0 Å². The van der Waals surface area contributed by atoms with Gasteiger partial charge in [-0.25, -0.2) is 0 Å². The van der Waals surface area contributed by atoms with E-state index in [1.165, 1.54) is 24.3 Å². The molecule has 0 fully saturated rings. The van der Waals surface area contributed by atoms with E-state index in [-0.39, 0.29) is 17.3 Å². The van der Waals surface area contributed by atoms with Gasteiger partial charge in [-0.2, -0.15) is 0 Å². The van der Waals surface area contributed by atoms with Crippen molar-refractivity contribution >= 4 is 39.0 Å². The van der Waals surface area contributed by atoms with Crippen molar-refractivity contribution < 1.29 is 19.7 Å². The molecule has 0 radical (unpaired) electrons. The molecule has 4 unspecified atom stereocenters. The third-order valence-electron chi connectivity index (χ3n) is 6.62. The van der Waals surface area contributed by atoms with Crippen molar-refractivity contribution in [2.75, 3.05) is 11.4 Å². The number of nitrogens with zero attached hydrogens (tertiary/aromatic N) is 3. The Bertz CT molecular complexity index is 1260. The van der Waals surface area contributed by atoms with Gasteiger partial charge >= 0.3 is 5.97 Å². The topological polar surface area (TPSA) is 127 Å². The second-order valence-electron chi connectivity index (χ2n) is 8.66. The summed E-state index contributed by atoms with van der Waals surface area (Å²) in [5.74, 6) is -2.97. The number of halogens is 1. The summed E-state index contributed by atoms with van der Waals surface area (Å²) >= 11 is 3.49. The summed E-state index contributed by atoms with van der Waals surface area (Å²) in [7, 11) is 0. The summed E-state index contributed by atoms with van der Waals surface area (Å²) < 4.78 is 0.811. The van der Waals surface area contributed by atoms with Crippen molar-refractivity contribution in [3.63, 3.8) is 0 Å². The van der Waals surface area contributed by atoms with Crippen LogP contribution in [0.4, 0.5) is 17.1 Å². The minimum atomic E-state index is -0.974. The van der Waals surface area contributed by atoms with E-state index in [4.69, 9.17) is 0 Å². The number of carbonyl (C=O) groups is 1. The van der Waals surface area contributed by atoms with Crippen molar-refractivity contribution in [2.45, 2.75) is 19.8 Å². The van der Waals surface area contributed by atoms with Crippen molar-refractivity contribution in [3.05, 3.63) is 96.2 Å². The lowest BCUT2D eigenvalue weighted by Crippen LogP contribution is -2.35. The normalized spacial score (nSPS) is 22.1. The third kappa shape index (κ3) is 4.21. The van der Waals surface area contributed by atoms with Crippen molar-refractivity contribution in [1.82, 2.24) is 0 Å². The van der Waals surface area contributed by atoms with E-state index >= 15 is 0 Å². The summed E-state index contributed by atoms with van der Waals surface area (Å²) in [5.41, 5.74) is 3.12. The van der Waals surface area contributed by atoms with Gasteiger partial charge in [0.2, 0.25) is 0 Å². The van der Waals surface area contributed by atoms with E-state index in [1.807, 2.05) is 23.1 Å². The number of aliphatic carboxylic acids is 1. The third-order valence-corrected chi connectivity index (χ3v) is 7.11. The maximum Gasteiger partial charge on any atom is 0.307 e. The number of hydrogen-bond donors (Lipinski definition) is 1. The molecular formula is C24H22BrN3O6. The highest BCUT2D eigenvalue weighted by Crippen LogP contribution is 2.49. The highest BCUT2D eigenvalue weighted by Gasteiger charge is 2.44. The molecule has 176 valence electrons. The Hall–Kier alpha value is -3.53. The van der Waals surface area contributed by atoms with Gasteiger partial charge in [-0.3, -0.25) is 25.0 Å². The van der Waals surface area contributed by atoms with Gasteiger partial charge in [-0.05, 0) is 60.2 Å². The highest BCUT2D eigenvalue weighted by molar-refractivity contribution is 9.10. The molecule has 0 saturated heterocycles. The van der Waals surface area contributed by atoms with E-state index in [1.54, 1.807) is 26.0 Å². The number of aryl methyl sites for hydroxylation is 1. The van der Waals surface area contributed by atoms with Gasteiger partial charge in [0.05, 0.1) is 15.8 Å². The predicted molar refractivity (Wildman–Crippen MR) is 130 cm³/mol. The molecule has 9 nitrogen and oxygen atoms in total. The molecule has 1 aliphatic carbocycles. The second kappa shape index (κ2) is 9.02. The van der Waals surface area contributed by atoms with Crippen molar-refractivity contribution in [1.29, 1.82) is 0 Å². The molecule has 1 aliphatic heterocycles. The number of benzene rings is 2. The van der Waals surface area contributed by atoms with Crippen LogP contribution in [0.15, 0.2) is 64.8 Å². The van der Waals surface area contributed by atoms with Gasteiger partial charge in [0.25, 0.3) is 11.4 Å². The molecule has 0 bridgehead atoms. The largest absolute Gasteiger partial charge is 0.481 e. The zero-order chi connectivity index (χ0) is 24.7. The zero-order valence-corrected chi connectivity index (χ0v) is 20.0. The lowest BCUT2D eigenvalue weighted by Gasteiger charge is -2.31.